The smallest absolute Gasteiger partial charge is 0.335 e. The summed E-state index contributed by atoms with van der Waals surface area (Å²) in [5.41, 5.74) is 1.38. The Morgan fingerprint density at radius 3 is 2.21 bits per heavy atom. The molecule has 3 N–H and O–H groups in total. The number of aliphatic carboxylic acids is 1. The lowest BCUT2D eigenvalue weighted by Crippen LogP contribution is -2.42. The van der Waals surface area contributed by atoms with Crippen molar-refractivity contribution in [3.05, 3.63) is 108 Å². The van der Waals surface area contributed by atoms with Crippen molar-refractivity contribution in [1.82, 2.24) is 19.8 Å². The molecule has 0 aliphatic carbocycles. The van der Waals surface area contributed by atoms with Crippen LogP contribution in [0.25, 0.3) is 16.6 Å². The minimum absolute atomic E-state index is 0.0120. The quantitative estimate of drug-likeness (QED) is 0.307. The predicted octanol–water partition coefficient (Wildman–Crippen LogP) is 3.14. The monoisotopic (exact) mass is 554 g/mol. The van der Waals surface area contributed by atoms with Crippen LogP contribution in [-0.2, 0) is 24.8 Å². The molecule has 0 aliphatic heterocycles. The molecule has 0 bridgehead atoms. The van der Waals surface area contributed by atoms with Gasteiger partial charge in [0, 0.05) is 20.0 Å². The molecule has 0 saturated heterocycles. The summed E-state index contributed by atoms with van der Waals surface area (Å²) in [5.74, 6) is -1.96. The van der Waals surface area contributed by atoms with Gasteiger partial charge in [0.15, 0.2) is 0 Å². The van der Waals surface area contributed by atoms with Gasteiger partial charge in [0.25, 0.3) is 11.5 Å². The van der Waals surface area contributed by atoms with Crippen molar-refractivity contribution < 1.29 is 14.7 Å². The van der Waals surface area contributed by atoms with Gasteiger partial charge in [-0.15, -0.1) is 0 Å². The molecule has 4 rings (SSSR count). The fourth-order valence-corrected chi connectivity index (χ4v) is 4.77. The first-order chi connectivity index (χ1) is 18.1. The van der Waals surface area contributed by atoms with Crippen molar-refractivity contribution in [3.8, 4) is 5.69 Å². The van der Waals surface area contributed by atoms with Gasteiger partial charge in [-0.25, -0.2) is 14.2 Å². The van der Waals surface area contributed by atoms with Crippen LogP contribution < -0.4 is 21.9 Å². The van der Waals surface area contributed by atoms with E-state index < -0.39 is 29.2 Å². The maximum atomic E-state index is 13.2. The average molecular weight is 555 g/mol. The largest absolute Gasteiger partial charge is 0.480 e. The molecule has 1 amide bonds. The topological polar surface area (TPSA) is 122 Å². The normalized spacial score (nSPS) is 11.9. The highest BCUT2D eigenvalue weighted by molar-refractivity contribution is 6.39. The molecule has 1 atom stereocenters. The Kier molecular flexibility index (Phi) is 8.01. The summed E-state index contributed by atoms with van der Waals surface area (Å²) in [6, 6.07) is 14.9. The van der Waals surface area contributed by atoms with Gasteiger partial charge in [0.2, 0.25) is 0 Å². The number of nitrogens with zero attached hydrogens (tertiary/aromatic N) is 2. The van der Waals surface area contributed by atoms with Crippen LogP contribution in [0.3, 0.4) is 0 Å². The van der Waals surface area contributed by atoms with E-state index >= 15 is 0 Å². The highest BCUT2D eigenvalue weighted by atomic mass is 35.5. The van der Waals surface area contributed by atoms with Gasteiger partial charge in [0.1, 0.15) is 6.04 Å². The highest BCUT2D eigenvalue weighted by Crippen LogP contribution is 2.24. The number of carbonyl (C=O) groups excluding carboxylic acids is 1. The number of rotatable bonds is 8. The second-order valence-corrected chi connectivity index (χ2v) is 9.51. The van der Waals surface area contributed by atoms with Gasteiger partial charge in [-0.3, -0.25) is 14.2 Å². The van der Waals surface area contributed by atoms with Crippen LogP contribution in [-0.4, -0.2) is 39.2 Å². The molecule has 0 fully saturated rings. The number of benzene rings is 3. The average Bonchev–Trinajstić information content (AvgIpc) is 2.88. The van der Waals surface area contributed by atoms with E-state index in [2.05, 4.69) is 10.6 Å². The molecule has 4 aromatic rings. The van der Waals surface area contributed by atoms with Gasteiger partial charge in [0.05, 0.1) is 32.2 Å². The third kappa shape index (κ3) is 5.35. The van der Waals surface area contributed by atoms with Gasteiger partial charge < -0.3 is 15.7 Å². The maximum Gasteiger partial charge on any atom is 0.335 e. The fourth-order valence-electron chi connectivity index (χ4n) is 4.20. The first-order valence-corrected chi connectivity index (χ1v) is 12.3. The van der Waals surface area contributed by atoms with Crippen molar-refractivity contribution in [3.63, 3.8) is 0 Å². The van der Waals surface area contributed by atoms with Crippen molar-refractivity contribution in [2.45, 2.75) is 19.0 Å². The molecule has 0 spiro atoms. The van der Waals surface area contributed by atoms with Gasteiger partial charge in [-0.05, 0) is 54.6 Å². The fraction of sp³-hybridized carbons (Fsp3) is 0.185. The third-order valence-electron chi connectivity index (χ3n) is 6.14. The highest BCUT2D eigenvalue weighted by Gasteiger charge is 2.24. The number of aromatic nitrogens is 2. The zero-order valence-electron chi connectivity index (χ0n) is 20.5. The second-order valence-electron chi connectivity index (χ2n) is 8.70. The Hall–Kier alpha value is -3.92. The molecule has 196 valence electrons. The Morgan fingerprint density at radius 2 is 1.61 bits per heavy atom. The van der Waals surface area contributed by atoms with Crippen LogP contribution >= 0.6 is 23.2 Å². The molecular weight excluding hydrogens is 531 g/mol. The molecule has 11 heteroatoms. The molecular formula is C27H24Cl2N4O5. The summed E-state index contributed by atoms with van der Waals surface area (Å²) >= 11 is 12.1. The van der Waals surface area contributed by atoms with Crippen LogP contribution in [0.5, 0.6) is 0 Å². The first-order valence-electron chi connectivity index (χ1n) is 11.6. The van der Waals surface area contributed by atoms with Crippen LogP contribution in [0.2, 0.25) is 10.0 Å². The number of amides is 1. The number of aryl methyl sites for hydroxylation is 1. The SMILES string of the molecule is CNCc1ccc2c(=O)n(-c3ccc(C[C@H](NC(=O)c4c(Cl)cccc4Cl)C(=O)O)cc3)c(=O)n(C)c2c1. The van der Waals surface area contributed by atoms with E-state index in [-0.39, 0.29) is 22.0 Å². The molecule has 0 radical (unpaired) electrons. The lowest BCUT2D eigenvalue weighted by Gasteiger charge is -2.16. The van der Waals surface area contributed by atoms with Crippen LogP contribution in [0, 0.1) is 0 Å². The Bertz CT molecular complexity index is 1640. The molecule has 9 nitrogen and oxygen atoms in total. The van der Waals surface area contributed by atoms with Crippen molar-refractivity contribution in [2.75, 3.05) is 7.05 Å². The molecule has 0 unspecified atom stereocenters. The van der Waals surface area contributed by atoms with Crippen molar-refractivity contribution in [1.29, 1.82) is 0 Å². The van der Waals surface area contributed by atoms with E-state index in [1.54, 1.807) is 49.5 Å². The lowest BCUT2D eigenvalue weighted by atomic mass is 10.0. The predicted molar refractivity (Wildman–Crippen MR) is 147 cm³/mol. The van der Waals surface area contributed by atoms with E-state index in [1.807, 2.05) is 13.1 Å². The summed E-state index contributed by atoms with van der Waals surface area (Å²) in [5, 5.41) is 15.8. The molecule has 1 aromatic heterocycles. The zero-order valence-corrected chi connectivity index (χ0v) is 22.0. The first kappa shape index (κ1) is 27.1. The van der Waals surface area contributed by atoms with Crippen molar-refractivity contribution in [2.24, 2.45) is 7.05 Å². The standard InChI is InChI=1S/C27H24Cl2N4O5/c1-30-14-16-8-11-18-22(13-16)32(2)27(38)33(25(18)35)17-9-6-15(7-10-17)12-21(26(36)37)31-24(34)23-19(28)4-3-5-20(23)29/h3-11,13,21,30H,12,14H2,1-2H3,(H,31,34)(H,36,37)/t21-/m0/s1. The van der Waals surface area contributed by atoms with Crippen LogP contribution in [0.1, 0.15) is 21.5 Å². The minimum atomic E-state index is -1.27. The van der Waals surface area contributed by atoms with Gasteiger partial charge in [-0.1, -0.05) is 47.5 Å². The molecule has 3 aromatic carbocycles. The zero-order chi connectivity index (χ0) is 27.6. The van der Waals surface area contributed by atoms with E-state index in [0.717, 1.165) is 10.1 Å². The third-order valence-corrected chi connectivity index (χ3v) is 6.77. The summed E-state index contributed by atoms with van der Waals surface area (Å²) in [6.45, 7) is 0.595. The number of hydrogen-bond acceptors (Lipinski definition) is 5. The van der Waals surface area contributed by atoms with Crippen molar-refractivity contribution >= 4 is 46.0 Å². The van der Waals surface area contributed by atoms with E-state index in [1.165, 1.54) is 16.7 Å². The number of nitrogens with one attached hydrogen (secondary N) is 2. The second kappa shape index (κ2) is 11.2. The minimum Gasteiger partial charge on any atom is -0.480 e. The number of halogens is 2. The number of fused-ring (bicyclic) bond motifs is 1. The van der Waals surface area contributed by atoms with Crippen LogP contribution in [0.4, 0.5) is 0 Å². The summed E-state index contributed by atoms with van der Waals surface area (Å²) in [7, 11) is 3.41. The lowest BCUT2D eigenvalue weighted by molar-refractivity contribution is -0.139. The molecule has 0 aliphatic rings. The van der Waals surface area contributed by atoms with Gasteiger partial charge >= 0.3 is 11.7 Å². The Morgan fingerprint density at radius 1 is 0.974 bits per heavy atom. The van der Waals surface area contributed by atoms with E-state index in [9.17, 15) is 24.3 Å². The Balaban J connectivity index is 1.62. The molecule has 38 heavy (non-hydrogen) atoms. The summed E-state index contributed by atoms with van der Waals surface area (Å²) in [6.07, 6.45) is -0.0533. The number of hydrogen-bond donors (Lipinski definition) is 3. The van der Waals surface area contributed by atoms with E-state index in [4.69, 9.17) is 23.2 Å². The molecule has 1 heterocycles. The van der Waals surface area contributed by atoms with Gasteiger partial charge in [-0.2, -0.15) is 0 Å². The summed E-state index contributed by atoms with van der Waals surface area (Å²) < 4.78 is 2.49. The molecule has 0 saturated carbocycles. The Labute approximate surface area is 227 Å². The maximum absolute atomic E-state index is 13.2. The number of carboxylic acids is 1. The van der Waals surface area contributed by atoms with Crippen LogP contribution in [0.15, 0.2) is 70.3 Å². The summed E-state index contributed by atoms with van der Waals surface area (Å²) in [4.78, 5) is 50.9. The van der Waals surface area contributed by atoms with E-state index in [0.29, 0.717) is 28.7 Å². The number of carboxylic acid groups (broad SMARTS) is 1. The number of carbonyl (C=O) groups is 2.